The molecule has 5 heteroatoms. The molecule has 1 N–H and O–H groups in total. The van der Waals surface area contributed by atoms with Crippen LogP contribution in [0, 0.1) is 13.8 Å². The van der Waals surface area contributed by atoms with Gasteiger partial charge in [0.05, 0.1) is 0 Å². The van der Waals surface area contributed by atoms with Crippen LogP contribution in [-0.4, -0.2) is 21.3 Å². The number of carbonyl (C=O) groups is 1. The van der Waals surface area contributed by atoms with E-state index < -0.39 is 11.9 Å². The van der Waals surface area contributed by atoms with Gasteiger partial charge in [0, 0.05) is 0 Å². The average Bonchev–Trinajstić information content (AvgIpc) is 2.74. The maximum Gasteiger partial charge on any atom is 0.313 e. The van der Waals surface area contributed by atoms with Gasteiger partial charge in [0.15, 0.2) is 0 Å². The van der Waals surface area contributed by atoms with E-state index in [0.717, 1.165) is 16.1 Å². The first-order valence-electron chi connectivity index (χ1n) is 5.64. The molecular formula is C13H14N2O2S. The zero-order valence-electron chi connectivity index (χ0n) is 10.3. The summed E-state index contributed by atoms with van der Waals surface area (Å²) >= 11 is 1.34. The molecule has 2 aromatic rings. The van der Waals surface area contributed by atoms with Crippen molar-refractivity contribution in [2.24, 2.45) is 0 Å². The fourth-order valence-electron chi connectivity index (χ4n) is 1.69. The Hall–Kier alpha value is -1.75. The molecule has 1 atom stereocenters. The molecule has 1 unspecified atom stereocenters. The number of aliphatic carboxylic acids is 1. The maximum atomic E-state index is 11.3. The molecule has 0 aliphatic carbocycles. The fraction of sp³-hybridized carbons (Fsp3) is 0.308. The molecule has 0 radical (unpaired) electrons. The van der Waals surface area contributed by atoms with Gasteiger partial charge < -0.3 is 5.11 Å². The van der Waals surface area contributed by atoms with Crippen molar-refractivity contribution in [1.29, 1.82) is 0 Å². The number of carboxylic acids is 1. The molecule has 0 aliphatic rings. The standard InChI is InChI=1S/C13H14N2O2S/c1-8-3-5-10(6-4-8)7-11(13(16)17)12-15-14-9(2)18-12/h3-6,11H,7H2,1-2H3,(H,16,17). The number of nitrogens with zero attached hydrogens (tertiary/aromatic N) is 2. The minimum atomic E-state index is -0.855. The highest BCUT2D eigenvalue weighted by Crippen LogP contribution is 2.24. The van der Waals surface area contributed by atoms with Gasteiger partial charge in [0.2, 0.25) is 0 Å². The van der Waals surface area contributed by atoms with Gasteiger partial charge in [-0.25, -0.2) is 0 Å². The lowest BCUT2D eigenvalue weighted by Crippen LogP contribution is -2.14. The Balaban J connectivity index is 2.22. The van der Waals surface area contributed by atoms with Crippen molar-refractivity contribution in [2.75, 3.05) is 0 Å². The van der Waals surface area contributed by atoms with Crippen LogP contribution in [0.5, 0.6) is 0 Å². The number of aromatic nitrogens is 2. The zero-order chi connectivity index (χ0) is 13.1. The van der Waals surface area contributed by atoms with Crippen LogP contribution in [-0.2, 0) is 11.2 Å². The first-order chi connectivity index (χ1) is 8.56. The number of rotatable bonds is 4. The highest BCUT2D eigenvalue weighted by molar-refractivity contribution is 7.11. The molecular weight excluding hydrogens is 248 g/mol. The summed E-state index contributed by atoms with van der Waals surface area (Å²) in [6.45, 7) is 3.83. The topological polar surface area (TPSA) is 63.1 Å². The normalized spacial score (nSPS) is 12.3. The minimum absolute atomic E-state index is 0.449. The van der Waals surface area contributed by atoms with Gasteiger partial charge in [-0.15, -0.1) is 21.5 Å². The Morgan fingerprint density at radius 1 is 1.28 bits per heavy atom. The quantitative estimate of drug-likeness (QED) is 0.919. The van der Waals surface area contributed by atoms with Crippen molar-refractivity contribution >= 4 is 17.3 Å². The van der Waals surface area contributed by atoms with Crippen molar-refractivity contribution in [1.82, 2.24) is 10.2 Å². The third-order valence-electron chi connectivity index (χ3n) is 2.70. The van der Waals surface area contributed by atoms with E-state index in [1.807, 2.05) is 38.1 Å². The summed E-state index contributed by atoms with van der Waals surface area (Å²) in [4.78, 5) is 11.3. The summed E-state index contributed by atoms with van der Waals surface area (Å²) in [6, 6.07) is 7.89. The number of hydrogen-bond donors (Lipinski definition) is 1. The molecule has 4 nitrogen and oxygen atoms in total. The summed E-state index contributed by atoms with van der Waals surface area (Å²) in [7, 11) is 0. The van der Waals surface area contributed by atoms with Gasteiger partial charge in [-0.05, 0) is 25.8 Å². The first-order valence-corrected chi connectivity index (χ1v) is 6.46. The van der Waals surface area contributed by atoms with E-state index in [9.17, 15) is 9.90 Å². The molecule has 1 aromatic carbocycles. The van der Waals surface area contributed by atoms with Gasteiger partial charge in [-0.1, -0.05) is 29.8 Å². The minimum Gasteiger partial charge on any atom is -0.481 e. The Kier molecular flexibility index (Phi) is 3.72. The van der Waals surface area contributed by atoms with Crippen LogP contribution in [0.15, 0.2) is 24.3 Å². The molecule has 0 saturated carbocycles. The summed E-state index contributed by atoms with van der Waals surface area (Å²) in [5, 5.41) is 18.5. The van der Waals surface area contributed by atoms with E-state index in [1.165, 1.54) is 11.3 Å². The smallest absolute Gasteiger partial charge is 0.313 e. The van der Waals surface area contributed by atoms with Crippen molar-refractivity contribution in [2.45, 2.75) is 26.2 Å². The van der Waals surface area contributed by atoms with Crippen LogP contribution in [0.1, 0.15) is 27.1 Å². The van der Waals surface area contributed by atoms with E-state index >= 15 is 0 Å². The fourth-order valence-corrected chi connectivity index (χ4v) is 2.49. The predicted octanol–water partition coefficient (Wildman–Crippen LogP) is 2.57. The van der Waals surface area contributed by atoms with Crippen molar-refractivity contribution in [3.05, 3.63) is 45.4 Å². The van der Waals surface area contributed by atoms with Crippen LogP contribution in [0.2, 0.25) is 0 Å². The molecule has 0 aliphatic heterocycles. The molecule has 0 saturated heterocycles. The number of aryl methyl sites for hydroxylation is 2. The van der Waals surface area contributed by atoms with E-state index in [2.05, 4.69) is 10.2 Å². The van der Waals surface area contributed by atoms with Crippen LogP contribution in [0.3, 0.4) is 0 Å². The lowest BCUT2D eigenvalue weighted by Gasteiger charge is -2.09. The van der Waals surface area contributed by atoms with E-state index in [-0.39, 0.29) is 0 Å². The largest absolute Gasteiger partial charge is 0.481 e. The van der Waals surface area contributed by atoms with E-state index in [4.69, 9.17) is 0 Å². The zero-order valence-corrected chi connectivity index (χ0v) is 11.1. The van der Waals surface area contributed by atoms with Crippen molar-refractivity contribution in [3.8, 4) is 0 Å². The monoisotopic (exact) mass is 262 g/mol. The molecule has 94 valence electrons. The average molecular weight is 262 g/mol. The summed E-state index contributed by atoms with van der Waals surface area (Å²) < 4.78 is 0. The maximum absolute atomic E-state index is 11.3. The summed E-state index contributed by atoms with van der Waals surface area (Å²) in [5.74, 6) is -1.47. The molecule has 0 amide bonds. The molecule has 1 heterocycles. The molecule has 18 heavy (non-hydrogen) atoms. The number of carboxylic acid groups (broad SMARTS) is 1. The van der Waals surface area contributed by atoms with Crippen LogP contribution in [0.4, 0.5) is 0 Å². The van der Waals surface area contributed by atoms with Gasteiger partial charge in [0.1, 0.15) is 15.9 Å². The van der Waals surface area contributed by atoms with Gasteiger partial charge in [-0.3, -0.25) is 4.79 Å². The third kappa shape index (κ3) is 2.92. The van der Waals surface area contributed by atoms with Crippen molar-refractivity contribution < 1.29 is 9.90 Å². The lowest BCUT2D eigenvalue weighted by atomic mass is 9.99. The second kappa shape index (κ2) is 5.27. The third-order valence-corrected chi connectivity index (χ3v) is 3.65. The molecule has 1 aromatic heterocycles. The van der Waals surface area contributed by atoms with Gasteiger partial charge in [-0.2, -0.15) is 0 Å². The second-order valence-corrected chi connectivity index (χ2v) is 5.45. The molecule has 0 bridgehead atoms. The van der Waals surface area contributed by atoms with E-state index in [0.29, 0.717) is 11.4 Å². The number of hydrogen-bond acceptors (Lipinski definition) is 4. The van der Waals surface area contributed by atoms with Crippen LogP contribution < -0.4 is 0 Å². The van der Waals surface area contributed by atoms with E-state index in [1.54, 1.807) is 0 Å². The summed E-state index contributed by atoms with van der Waals surface area (Å²) in [6.07, 6.45) is 0.449. The summed E-state index contributed by atoms with van der Waals surface area (Å²) in [5.41, 5.74) is 2.17. The van der Waals surface area contributed by atoms with Crippen LogP contribution >= 0.6 is 11.3 Å². The Morgan fingerprint density at radius 2 is 1.94 bits per heavy atom. The Bertz CT molecular complexity index is 548. The number of benzene rings is 1. The first kappa shape index (κ1) is 12.7. The Labute approximate surface area is 109 Å². The SMILES string of the molecule is Cc1ccc(CC(C(=O)O)c2nnc(C)s2)cc1. The predicted molar refractivity (Wildman–Crippen MR) is 69.9 cm³/mol. The van der Waals surface area contributed by atoms with Crippen molar-refractivity contribution in [3.63, 3.8) is 0 Å². The highest BCUT2D eigenvalue weighted by atomic mass is 32.1. The van der Waals surface area contributed by atoms with Gasteiger partial charge >= 0.3 is 5.97 Å². The van der Waals surface area contributed by atoms with Crippen LogP contribution in [0.25, 0.3) is 0 Å². The second-order valence-electron chi connectivity index (χ2n) is 4.24. The molecule has 2 rings (SSSR count). The Morgan fingerprint density at radius 3 is 2.44 bits per heavy atom. The van der Waals surface area contributed by atoms with Gasteiger partial charge in [0.25, 0.3) is 0 Å². The highest BCUT2D eigenvalue weighted by Gasteiger charge is 2.24. The molecule has 0 spiro atoms. The lowest BCUT2D eigenvalue weighted by molar-refractivity contribution is -0.138. The molecule has 0 fully saturated rings.